The largest absolute Gasteiger partial charge is 0.484 e. The topological polar surface area (TPSA) is 98.1 Å². The van der Waals surface area contributed by atoms with Crippen molar-refractivity contribution in [1.82, 2.24) is 14.8 Å². The highest BCUT2D eigenvalue weighted by Gasteiger charge is 2.27. The zero-order valence-electron chi connectivity index (χ0n) is 15.3. The van der Waals surface area contributed by atoms with Crippen molar-refractivity contribution in [3.63, 3.8) is 0 Å². The number of fused-ring (bicyclic) bond motifs is 1. The van der Waals surface area contributed by atoms with Crippen molar-refractivity contribution in [1.29, 1.82) is 0 Å². The molecule has 0 spiro atoms. The number of nitrogens with zero attached hydrogens (tertiary/aromatic N) is 3. The summed E-state index contributed by atoms with van der Waals surface area (Å²) in [6, 6.07) is 14.6. The molecule has 1 aliphatic rings. The molecule has 0 saturated carbocycles. The number of aromatic nitrogens is 3. The molecule has 0 aliphatic carbocycles. The Morgan fingerprint density at radius 2 is 2.11 bits per heavy atom. The van der Waals surface area contributed by atoms with E-state index < -0.39 is 0 Å². The summed E-state index contributed by atoms with van der Waals surface area (Å²) >= 11 is 0. The van der Waals surface area contributed by atoms with Gasteiger partial charge in [-0.25, -0.2) is 4.68 Å². The third kappa shape index (κ3) is 3.85. The van der Waals surface area contributed by atoms with Crippen molar-refractivity contribution >= 4 is 23.5 Å². The Morgan fingerprint density at radius 1 is 1.29 bits per heavy atom. The van der Waals surface area contributed by atoms with E-state index in [1.807, 2.05) is 43.3 Å². The van der Waals surface area contributed by atoms with Crippen LogP contribution in [0.15, 0.2) is 54.9 Å². The van der Waals surface area contributed by atoms with E-state index in [1.165, 1.54) is 6.33 Å². The van der Waals surface area contributed by atoms with Gasteiger partial charge >= 0.3 is 0 Å². The van der Waals surface area contributed by atoms with Gasteiger partial charge < -0.3 is 10.1 Å². The van der Waals surface area contributed by atoms with Crippen LogP contribution >= 0.6 is 0 Å². The SMILES string of the molecule is Cc1cccc(NC(=O)COc2ccc([C@H]3CC(=O)Nc4ncnn43)cc2)c1. The molecule has 3 aromatic rings. The summed E-state index contributed by atoms with van der Waals surface area (Å²) in [5.41, 5.74) is 2.72. The van der Waals surface area contributed by atoms with Crippen LogP contribution < -0.4 is 15.4 Å². The first kappa shape index (κ1) is 17.7. The van der Waals surface area contributed by atoms with Gasteiger partial charge in [0.25, 0.3) is 5.91 Å². The van der Waals surface area contributed by atoms with Crippen molar-refractivity contribution in [3.8, 4) is 5.75 Å². The van der Waals surface area contributed by atoms with Gasteiger partial charge in [0, 0.05) is 5.69 Å². The maximum absolute atomic E-state index is 12.1. The van der Waals surface area contributed by atoms with Gasteiger partial charge in [-0.3, -0.25) is 14.9 Å². The number of hydrogen-bond donors (Lipinski definition) is 2. The molecule has 28 heavy (non-hydrogen) atoms. The summed E-state index contributed by atoms with van der Waals surface area (Å²) in [4.78, 5) is 28.0. The lowest BCUT2D eigenvalue weighted by Gasteiger charge is -2.23. The summed E-state index contributed by atoms with van der Waals surface area (Å²) in [5, 5.41) is 9.67. The lowest BCUT2D eigenvalue weighted by Crippen LogP contribution is -2.29. The van der Waals surface area contributed by atoms with Crippen LogP contribution in [-0.4, -0.2) is 33.2 Å². The smallest absolute Gasteiger partial charge is 0.262 e. The minimum Gasteiger partial charge on any atom is -0.484 e. The number of hydrogen-bond acceptors (Lipinski definition) is 5. The van der Waals surface area contributed by atoms with E-state index in [-0.39, 0.29) is 30.9 Å². The van der Waals surface area contributed by atoms with Gasteiger partial charge in [0.1, 0.15) is 12.1 Å². The van der Waals surface area contributed by atoms with E-state index >= 15 is 0 Å². The average molecular weight is 377 g/mol. The minimum absolute atomic E-state index is 0.0909. The molecule has 1 aliphatic heterocycles. The van der Waals surface area contributed by atoms with Gasteiger partial charge in [0.05, 0.1) is 12.5 Å². The molecule has 1 aromatic heterocycles. The number of ether oxygens (including phenoxy) is 1. The molecule has 0 radical (unpaired) electrons. The zero-order chi connectivity index (χ0) is 19.5. The highest BCUT2D eigenvalue weighted by molar-refractivity contribution is 5.92. The Hall–Kier alpha value is -3.68. The van der Waals surface area contributed by atoms with Crippen LogP contribution in [0.3, 0.4) is 0 Å². The predicted octanol–water partition coefficient (Wildman–Crippen LogP) is 2.54. The number of aryl methyl sites for hydroxylation is 1. The molecule has 142 valence electrons. The molecule has 2 heterocycles. The molecule has 0 bridgehead atoms. The lowest BCUT2D eigenvalue weighted by atomic mass is 10.0. The summed E-state index contributed by atoms with van der Waals surface area (Å²) in [5.74, 6) is 0.682. The van der Waals surface area contributed by atoms with E-state index in [0.717, 1.165) is 16.8 Å². The zero-order valence-corrected chi connectivity index (χ0v) is 15.3. The fourth-order valence-corrected chi connectivity index (χ4v) is 3.12. The van der Waals surface area contributed by atoms with Crippen molar-refractivity contribution in [2.75, 3.05) is 17.2 Å². The number of amides is 2. The van der Waals surface area contributed by atoms with Crippen molar-refractivity contribution in [2.24, 2.45) is 0 Å². The number of carbonyl (C=O) groups is 2. The number of nitrogens with one attached hydrogen (secondary N) is 2. The molecule has 1 atom stereocenters. The third-order valence-corrected chi connectivity index (χ3v) is 4.43. The molecule has 0 fully saturated rings. The fraction of sp³-hybridized carbons (Fsp3) is 0.200. The van der Waals surface area contributed by atoms with E-state index in [0.29, 0.717) is 11.7 Å². The van der Waals surface area contributed by atoms with E-state index in [9.17, 15) is 9.59 Å². The normalized spacial score (nSPS) is 15.5. The monoisotopic (exact) mass is 377 g/mol. The van der Waals surface area contributed by atoms with Gasteiger partial charge in [0.15, 0.2) is 6.61 Å². The highest BCUT2D eigenvalue weighted by atomic mass is 16.5. The number of carbonyl (C=O) groups excluding carboxylic acids is 2. The maximum Gasteiger partial charge on any atom is 0.262 e. The van der Waals surface area contributed by atoms with Crippen LogP contribution in [0.1, 0.15) is 23.6 Å². The minimum atomic E-state index is -0.231. The first-order valence-corrected chi connectivity index (χ1v) is 8.87. The van der Waals surface area contributed by atoms with Crippen LogP contribution in [0.5, 0.6) is 5.75 Å². The molecule has 2 N–H and O–H groups in total. The van der Waals surface area contributed by atoms with Crippen LogP contribution in [0.4, 0.5) is 11.6 Å². The van der Waals surface area contributed by atoms with Gasteiger partial charge in [-0.2, -0.15) is 10.1 Å². The quantitative estimate of drug-likeness (QED) is 0.712. The van der Waals surface area contributed by atoms with Crippen LogP contribution in [0.2, 0.25) is 0 Å². The molecule has 4 rings (SSSR count). The Labute approximate surface area is 161 Å². The first-order chi connectivity index (χ1) is 13.6. The van der Waals surface area contributed by atoms with Crippen molar-refractivity contribution in [2.45, 2.75) is 19.4 Å². The third-order valence-electron chi connectivity index (χ3n) is 4.43. The van der Waals surface area contributed by atoms with Crippen molar-refractivity contribution in [3.05, 3.63) is 66.0 Å². The maximum atomic E-state index is 12.1. The fourth-order valence-electron chi connectivity index (χ4n) is 3.12. The Bertz CT molecular complexity index is 1010. The Balaban J connectivity index is 1.38. The molecule has 8 heteroatoms. The number of benzene rings is 2. The summed E-state index contributed by atoms with van der Waals surface area (Å²) in [7, 11) is 0. The summed E-state index contributed by atoms with van der Waals surface area (Å²) in [6.45, 7) is 1.87. The van der Waals surface area contributed by atoms with E-state index in [2.05, 4.69) is 20.7 Å². The lowest BCUT2D eigenvalue weighted by molar-refractivity contribution is -0.118. The van der Waals surface area contributed by atoms with E-state index in [1.54, 1.807) is 16.8 Å². The second-order valence-electron chi connectivity index (χ2n) is 6.57. The van der Waals surface area contributed by atoms with Gasteiger partial charge in [-0.15, -0.1) is 0 Å². The second kappa shape index (κ2) is 7.51. The summed E-state index contributed by atoms with van der Waals surface area (Å²) in [6.07, 6.45) is 1.70. The van der Waals surface area contributed by atoms with Gasteiger partial charge in [-0.05, 0) is 42.3 Å². The molecular formula is C20H19N5O3. The molecule has 2 aromatic carbocycles. The van der Waals surface area contributed by atoms with Gasteiger partial charge in [0.2, 0.25) is 11.9 Å². The van der Waals surface area contributed by atoms with E-state index in [4.69, 9.17) is 4.74 Å². The molecule has 2 amide bonds. The average Bonchev–Trinajstić information content (AvgIpc) is 3.14. The van der Waals surface area contributed by atoms with Crippen molar-refractivity contribution < 1.29 is 14.3 Å². The Kier molecular flexibility index (Phi) is 4.76. The highest BCUT2D eigenvalue weighted by Crippen LogP contribution is 2.29. The molecule has 0 unspecified atom stereocenters. The molecule has 8 nitrogen and oxygen atoms in total. The summed E-state index contributed by atoms with van der Waals surface area (Å²) < 4.78 is 7.25. The standard InChI is InChI=1S/C20H19N5O3/c1-13-3-2-4-15(9-13)23-19(27)11-28-16-7-5-14(6-8-16)17-10-18(26)24-20-21-12-22-25(17)20/h2-9,12,17H,10-11H2,1H3,(H,23,27)(H,21,22,24,26)/t17-/m1/s1. The molecule has 0 saturated heterocycles. The van der Waals surface area contributed by atoms with Crippen LogP contribution in [0, 0.1) is 6.92 Å². The van der Waals surface area contributed by atoms with Crippen LogP contribution in [-0.2, 0) is 9.59 Å². The first-order valence-electron chi connectivity index (χ1n) is 8.87. The molecular weight excluding hydrogens is 358 g/mol. The Morgan fingerprint density at radius 3 is 2.89 bits per heavy atom. The van der Waals surface area contributed by atoms with Gasteiger partial charge in [-0.1, -0.05) is 24.3 Å². The number of rotatable bonds is 5. The second-order valence-corrected chi connectivity index (χ2v) is 6.57. The predicted molar refractivity (Wildman–Crippen MR) is 103 cm³/mol. The number of anilines is 2. The van der Waals surface area contributed by atoms with Crippen LogP contribution in [0.25, 0.3) is 0 Å².